The number of hydrogen-bond acceptors (Lipinski definition) is 3. The lowest BCUT2D eigenvalue weighted by Crippen LogP contribution is -2.06. The lowest BCUT2D eigenvalue weighted by molar-refractivity contribution is 0.635. The van der Waals surface area contributed by atoms with Crippen LogP contribution in [0.5, 0.6) is 0 Å². The Hall–Kier alpha value is -1.78. The van der Waals surface area contributed by atoms with E-state index in [2.05, 4.69) is 10.2 Å². The van der Waals surface area contributed by atoms with Crippen LogP contribution in [-0.4, -0.2) is 19.6 Å². The van der Waals surface area contributed by atoms with Gasteiger partial charge in [0.2, 0.25) is 0 Å². The molecule has 0 spiro atoms. The van der Waals surface area contributed by atoms with Gasteiger partial charge >= 0.3 is 0 Å². The maximum atomic E-state index is 5.62. The van der Waals surface area contributed by atoms with Crippen molar-refractivity contribution in [1.82, 2.24) is 19.6 Å². The minimum Gasteiger partial charge on any atom is -0.382 e. The first-order chi connectivity index (χ1) is 7.06. The standard InChI is InChI=1S/C10H15N5/c1-7-5-14(3)12-9(7)6-15-8(2)4-10(11)13-15/h4-5H,6H2,1-3H3,(H2,11,13). The van der Waals surface area contributed by atoms with Gasteiger partial charge in [-0.3, -0.25) is 9.36 Å². The Morgan fingerprint density at radius 2 is 2.07 bits per heavy atom. The lowest BCUT2D eigenvalue weighted by Gasteiger charge is -2.01. The van der Waals surface area contributed by atoms with Crippen molar-refractivity contribution in [2.75, 3.05) is 5.73 Å². The van der Waals surface area contributed by atoms with Crippen LogP contribution in [0.1, 0.15) is 17.0 Å². The molecule has 15 heavy (non-hydrogen) atoms. The molecule has 5 heteroatoms. The number of aromatic nitrogens is 4. The molecule has 2 rings (SSSR count). The molecule has 0 aliphatic heterocycles. The lowest BCUT2D eigenvalue weighted by atomic mass is 10.3. The second-order valence-electron chi connectivity index (χ2n) is 3.80. The van der Waals surface area contributed by atoms with Crippen molar-refractivity contribution in [1.29, 1.82) is 0 Å². The van der Waals surface area contributed by atoms with E-state index in [0.29, 0.717) is 12.4 Å². The Morgan fingerprint density at radius 3 is 2.53 bits per heavy atom. The summed E-state index contributed by atoms with van der Waals surface area (Å²) < 4.78 is 3.68. The SMILES string of the molecule is Cc1cn(C)nc1Cn1nc(N)cc1C. The first-order valence-corrected chi connectivity index (χ1v) is 4.85. The minimum atomic E-state index is 0.557. The highest BCUT2D eigenvalue weighted by Gasteiger charge is 2.07. The average molecular weight is 205 g/mol. The molecule has 0 atom stereocenters. The molecule has 0 saturated carbocycles. The highest BCUT2D eigenvalue weighted by atomic mass is 15.3. The summed E-state index contributed by atoms with van der Waals surface area (Å²) in [5.74, 6) is 0.557. The van der Waals surface area contributed by atoms with Crippen molar-refractivity contribution >= 4 is 5.82 Å². The van der Waals surface area contributed by atoms with Crippen molar-refractivity contribution in [3.8, 4) is 0 Å². The first kappa shape index (κ1) is 9.76. The maximum Gasteiger partial charge on any atom is 0.145 e. The Balaban J connectivity index is 2.29. The van der Waals surface area contributed by atoms with E-state index >= 15 is 0 Å². The van der Waals surface area contributed by atoms with Gasteiger partial charge in [-0.2, -0.15) is 10.2 Å². The highest BCUT2D eigenvalue weighted by Crippen LogP contribution is 2.10. The molecule has 2 heterocycles. The van der Waals surface area contributed by atoms with E-state index in [-0.39, 0.29) is 0 Å². The van der Waals surface area contributed by atoms with Gasteiger partial charge in [-0.05, 0) is 19.4 Å². The van der Waals surface area contributed by atoms with E-state index in [0.717, 1.165) is 11.4 Å². The van der Waals surface area contributed by atoms with Crippen LogP contribution < -0.4 is 5.73 Å². The quantitative estimate of drug-likeness (QED) is 0.791. The van der Waals surface area contributed by atoms with Crippen LogP contribution in [0.15, 0.2) is 12.3 Å². The van der Waals surface area contributed by atoms with Crippen molar-refractivity contribution in [3.05, 3.63) is 29.2 Å². The fourth-order valence-electron chi connectivity index (χ4n) is 1.65. The van der Waals surface area contributed by atoms with Crippen LogP contribution in [0.2, 0.25) is 0 Å². The van der Waals surface area contributed by atoms with Gasteiger partial charge in [0, 0.05) is 25.0 Å². The smallest absolute Gasteiger partial charge is 0.145 e. The molecule has 2 N–H and O–H groups in total. The molecule has 0 aromatic carbocycles. The third-order valence-corrected chi connectivity index (χ3v) is 2.41. The van der Waals surface area contributed by atoms with E-state index in [4.69, 9.17) is 5.73 Å². The second-order valence-corrected chi connectivity index (χ2v) is 3.80. The first-order valence-electron chi connectivity index (χ1n) is 4.85. The molecule has 2 aromatic rings. The monoisotopic (exact) mass is 205 g/mol. The van der Waals surface area contributed by atoms with Gasteiger partial charge in [-0.25, -0.2) is 0 Å². The summed E-state index contributed by atoms with van der Waals surface area (Å²) in [6, 6.07) is 1.86. The number of nitrogens with two attached hydrogens (primary N) is 1. The van der Waals surface area contributed by atoms with E-state index in [1.54, 1.807) is 0 Å². The van der Waals surface area contributed by atoms with Crippen LogP contribution >= 0.6 is 0 Å². The van der Waals surface area contributed by atoms with E-state index in [9.17, 15) is 0 Å². The van der Waals surface area contributed by atoms with Crippen molar-refractivity contribution < 1.29 is 0 Å². The molecule has 0 saturated heterocycles. The molecule has 0 aliphatic rings. The number of anilines is 1. The number of hydrogen-bond donors (Lipinski definition) is 1. The summed E-state index contributed by atoms with van der Waals surface area (Å²) in [6.45, 7) is 4.71. The van der Waals surface area contributed by atoms with E-state index < -0.39 is 0 Å². The molecule has 0 amide bonds. The van der Waals surface area contributed by atoms with Gasteiger partial charge < -0.3 is 5.73 Å². The molecular formula is C10H15N5. The largest absolute Gasteiger partial charge is 0.382 e. The zero-order valence-electron chi connectivity index (χ0n) is 9.23. The van der Waals surface area contributed by atoms with Crippen LogP contribution in [0, 0.1) is 13.8 Å². The molecule has 2 aromatic heterocycles. The maximum absolute atomic E-state index is 5.62. The number of nitrogen functional groups attached to an aromatic ring is 1. The molecule has 0 bridgehead atoms. The zero-order chi connectivity index (χ0) is 11.0. The van der Waals surface area contributed by atoms with Gasteiger partial charge in [0.05, 0.1) is 12.2 Å². The molecule has 0 fully saturated rings. The van der Waals surface area contributed by atoms with Crippen LogP contribution in [0.25, 0.3) is 0 Å². The van der Waals surface area contributed by atoms with Gasteiger partial charge in [0.15, 0.2) is 0 Å². The minimum absolute atomic E-state index is 0.557. The molecule has 0 aliphatic carbocycles. The summed E-state index contributed by atoms with van der Waals surface area (Å²) in [4.78, 5) is 0. The Morgan fingerprint density at radius 1 is 1.33 bits per heavy atom. The van der Waals surface area contributed by atoms with Crippen LogP contribution in [-0.2, 0) is 13.6 Å². The second kappa shape index (κ2) is 3.42. The van der Waals surface area contributed by atoms with E-state index in [1.165, 1.54) is 5.56 Å². The van der Waals surface area contributed by atoms with Gasteiger partial charge in [-0.1, -0.05) is 0 Å². The number of rotatable bonds is 2. The number of nitrogens with zero attached hydrogens (tertiary/aromatic N) is 4. The van der Waals surface area contributed by atoms with Crippen LogP contribution in [0.3, 0.4) is 0 Å². The van der Waals surface area contributed by atoms with Gasteiger partial charge in [-0.15, -0.1) is 0 Å². The molecule has 5 nitrogen and oxygen atoms in total. The summed E-state index contributed by atoms with van der Waals surface area (Å²) >= 11 is 0. The van der Waals surface area contributed by atoms with Gasteiger partial charge in [0.25, 0.3) is 0 Å². The Bertz CT molecular complexity index is 436. The van der Waals surface area contributed by atoms with Crippen molar-refractivity contribution in [2.45, 2.75) is 20.4 Å². The predicted molar refractivity (Wildman–Crippen MR) is 58.4 cm³/mol. The van der Waals surface area contributed by atoms with Crippen molar-refractivity contribution in [3.63, 3.8) is 0 Å². The summed E-state index contributed by atoms with van der Waals surface area (Å²) in [5, 5.41) is 8.57. The van der Waals surface area contributed by atoms with E-state index in [1.807, 2.05) is 42.5 Å². The summed E-state index contributed by atoms with van der Waals surface area (Å²) in [5.41, 5.74) is 8.88. The molecule has 0 unspecified atom stereocenters. The third kappa shape index (κ3) is 1.86. The normalized spacial score (nSPS) is 10.9. The molecular weight excluding hydrogens is 190 g/mol. The van der Waals surface area contributed by atoms with Crippen LogP contribution in [0.4, 0.5) is 5.82 Å². The topological polar surface area (TPSA) is 61.7 Å². The molecule has 0 radical (unpaired) electrons. The fourth-order valence-corrected chi connectivity index (χ4v) is 1.65. The summed E-state index contributed by atoms with van der Waals surface area (Å²) in [6.07, 6.45) is 2.00. The third-order valence-electron chi connectivity index (χ3n) is 2.41. The molecule has 80 valence electrons. The average Bonchev–Trinajstić information content (AvgIpc) is 2.58. The summed E-state index contributed by atoms with van der Waals surface area (Å²) in [7, 11) is 1.92. The highest BCUT2D eigenvalue weighted by molar-refractivity contribution is 5.29. The number of aryl methyl sites for hydroxylation is 3. The predicted octanol–water partition coefficient (Wildman–Crippen LogP) is 0.864. The Labute approximate surface area is 88.5 Å². The fraction of sp³-hybridized carbons (Fsp3) is 0.400. The zero-order valence-corrected chi connectivity index (χ0v) is 9.23. The van der Waals surface area contributed by atoms with Gasteiger partial charge in [0.1, 0.15) is 5.82 Å². The van der Waals surface area contributed by atoms with Crippen molar-refractivity contribution in [2.24, 2.45) is 7.05 Å². The Kier molecular flexibility index (Phi) is 2.22.